The average Bonchev–Trinajstić information content (AvgIpc) is 2.58. The van der Waals surface area contributed by atoms with Crippen molar-refractivity contribution in [2.24, 2.45) is 5.92 Å². The zero-order chi connectivity index (χ0) is 19.5. The maximum absolute atomic E-state index is 11.7. The molecular weight excluding hydrogens is 352 g/mol. The lowest BCUT2D eigenvalue weighted by Crippen LogP contribution is -2.17. The van der Waals surface area contributed by atoms with Crippen molar-refractivity contribution in [3.8, 4) is 0 Å². The van der Waals surface area contributed by atoms with Gasteiger partial charge in [0.1, 0.15) is 5.69 Å². The van der Waals surface area contributed by atoms with Crippen LogP contribution in [-0.2, 0) is 16.3 Å². The third-order valence-electron chi connectivity index (χ3n) is 4.32. The van der Waals surface area contributed by atoms with E-state index in [0.29, 0.717) is 5.69 Å². The summed E-state index contributed by atoms with van der Waals surface area (Å²) < 4.78 is 23.4. The molecule has 6 nitrogen and oxygen atoms in total. The van der Waals surface area contributed by atoms with Crippen LogP contribution in [-0.4, -0.2) is 19.6 Å². The van der Waals surface area contributed by atoms with E-state index in [0.717, 1.165) is 24.3 Å². The summed E-state index contributed by atoms with van der Waals surface area (Å²) in [5.41, 5.74) is 2.31. The second kappa shape index (κ2) is 7.86. The van der Waals surface area contributed by atoms with Crippen molar-refractivity contribution >= 4 is 21.2 Å². The van der Waals surface area contributed by atoms with Gasteiger partial charge in [0.05, 0.1) is 15.9 Å². The molecule has 0 aliphatic rings. The minimum atomic E-state index is -3.51. The molecule has 0 aliphatic carbocycles. The molecular formula is C19H24N2O4S. The highest BCUT2D eigenvalue weighted by Gasteiger charge is 2.23. The highest BCUT2D eigenvalue weighted by molar-refractivity contribution is 7.90. The fourth-order valence-corrected chi connectivity index (χ4v) is 3.42. The molecule has 2 rings (SSSR count). The summed E-state index contributed by atoms with van der Waals surface area (Å²) in [4.78, 5) is 10.8. The third-order valence-corrected chi connectivity index (χ3v) is 5.43. The Labute approximate surface area is 154 Å². The Morgan fingerprint density at radius 1 is 1.12 bits per heavy atom. The zero-order valence-corrected chi connectivity index (χ0v) is 16.2. The maximum Gasteiger partial charge on any atom is 0.293 e. The largest absolute Gasteiger partial charge is 0.372 e. The van der Waals surface area contributed by atoms with Crippen LogP contribution in [0.1, 0.15) is 37.9 Å². The molecule has 0 spiro atoms. The molecule has 0 saturated heterocycles. The fourth-order valence-electron chi connectivity index (χ4n) is 2.78. The smallest absolute Gasteiger partial charge is 0.293 e. The number of nitrogens with zero attached hydrogens (tertiary/aromatic N) is 1. The van der Waals surface area contributed by atoms with Crippen LogP contribution in [0.2, 0.25) is 0 Å². The highest BCUT2D eigenvalue weighted by Crippen LogP contribution is 2.33. The van der Waals surface area contributed by atoms with Crippen molar-refractivity contribution in [3.63, 3.8) is 0 Å². The van der Waals surface area contributed by atoms with E-state index in [2.05, 4.69) is 12.2 Å². The molecule has 26 heavy (non-hydrogen) atoms. The second-order valence-corrected chi connectivity index (χ2v) is 8.69. The van der Waals surface area contributed by atoms with Gasteiger partial charge in [0.2, 0.25) is 0 Å². The summed E-state index contributed by atoms with van der Waals surface area (Å²) in [6.07, 6.45) is 1.98. The first-order valence-electron chi connectivity index (χ1n) is 8.47. The predicted octanol–water partition coefficient (Wildman–Crippen LogP) is 4.37. The van der Waals surface area contributed by atoms with Gasteiger partial charge < -0.3 is 5.32 Å². The number of nitrogens with one attached hydrogen (secondary N) is 1. The molecule has 2 aromatic rings. The van der Waals surface area contributed by atoms with Gasteiger partial charge in [-0.2, -0.15) is 0 Å². The lowest BCUT2D eigenvalue weighted by atomic mass is 9.94. The third kappa shape index (κ3) is 4.60. The normalized spacial score (nSPS) is 12.8. The van der Waals surface area contributed by atoms with Gasteiger partial charge in [0.15, 0.2) is 9.84 Å². The Bertz CT molecular complexity index is 890. The molecule has 0 aliphatic heterocycles. The number of rotatable bonds is 7. The van der Waals surface area contributed by atoms with E-state index in [-0.39, 0.29) is 22.5 Å². The zero-order valence-electron chi connectivity index (χ0n) is 15.4. The van der Waals surface area contributed by atoms with Gasteiger partial charge in [-0.15, -0.1) is 0 Å². The van der Waals surface area contributed by atoms with E-state index < -0.39 is 14.8 Å². The predicted molar refractivity (Wildman–Crippen MR) is 103 cm³/mol. The van der Waals surface area contributed by atoms with Gasteiger partial charge >= 0.3 is 0 Å². The van der Waals surface area contributed by atoms with Gasteiger partial charge in [-0.05, 0) is 35.6 Å². The Kier molecular flexibility index (Phi) is 6.02. The summed E-state index contributed by atoms with van der Waals surface area (Å²) in [5, 5.41) is 14.7. The summed E-state index contributed by atoms with van der Waals surface area (Å²) in [6, 6.07) is 12.0. The van der Waals surface area contributed by atoms with E-state index in [4.69, 9.17) is 0 Å². The van der Waals surface area contributed by atoms with Crippen molar-refractivity contribution in [3.05, 3.63) is 63.7 Å². The van der Waals surface area contributed by atoms with E-state index in [1.807, 2.05) is 38.1 Å². The molecule has 0 radical (unpaired) electrons. The number of nitro benzene ring substituents is 1. The fraction of sp³-hybridized carbons (Fsp3) is 0.368. The first-order chi connectivity index (χ1) is 12.1. The minimum absolute atomic E-state index is 0.0665. The maximum atomic E-state index is 11.7. The lowest BCUT2D eigenvalue weighted by molar-refractivity contribution is -0.384. The standard InChI is InChI=1S/C19H24N2O4S/c1-5-14-6-8-15(9-7-14)19(13(2)3)20-17-11-10-16(26(4,24)25)12-18(17)21(22)23/h6-13,19-20H,5H2,1-4H3. The van der Waals surface area contributed by atoms with Gasteiger partial charge in [-0.3, -0.25) is 10.1 Å². The number of anilines is 1. The van der Waals surface area contributed by atoms with Gasteiger partial charge in [0, 0.05) is 12.3 Å². The van der Waals surface area contributed by atoms with Crippen molar-refractivity contribution < 1.29 is 13.3 Å². The van der Waals surface area contributed by atoms with Crippen molar-refractivity contribution in [1.82, 2.24) is 0 Å². The van der Waals surface area contributed by atoms with Crippen molar-refractivity contribution in [2.75, 3.05) is 11.6 Å². The molecule has 0 fully saturated rings. The molecule has 2 aromatic carbocycles. The first kappa shape index (κ1) is 19.9. The molecule has 0 aromatic heterocycles. The van der Waals surface area contributed by atoms with Gasteiger partial charge in [0.25, 0.3) is 5.69 Å². The SMILES string of the molecule is CCc1ccc(C(Nc2ccc(S(C)(=O)=O)cc2[N+](=O)[O-])C(C)C)cc1. The van der Waals surface area contributed by atoms with E-state index >= 15 is 0 Å². The van der Waals surface area contributed by atoms with Gasteiger partial charge in [-0.1, -0.05) is 45.0 Å². The number of benzene rings is 2. The Balaban J connectivity index is 2.43. The quantitative estimate of drug-likeness (QED) is 0.572. The van der Waals surface area contributed by atoms with Crippen molar-refractivity contribution in [2.45, 2.75) is 38.1 Å². The molecule has 1 N–H and O–H groups in total. The van der Waals surface area contributed by atoms with Crippen LogP contribution >= 0.6 is 0 Å². The second-order valence-electron chi connectivity index (χ2n) is 6.67. The van der Waals surface area contributed by atoms with Crippen LogP contribution in [0.4, 0.5) is 11.4 Å². The molecule has 7 heteroatoms. The van der Waals surface area contributed by atoms with Crippen LogP contribution in [0.15, 0.2) is 47.4 Å². The summed E-state index contributed by atoms with van der Waals surface area (Å²) in [7, 11) is -3.51. The molecule has 0 heterocycles. The lowest BCUT2D eigenvalue weighted by Gasteiger charge is -2.24. The van der Waals surface area contributed by atoms with Crippen LogP contribution < -0.4 is 5.32 Å². The Morgan fingerprint density at radius 2 is 1.73 bits per heavy atom. The van der Waals surface area contributed by atoms with Gasteiger partial charge in [-0.25, -0.2) is 8.42 Å². The Morgan fingerprint density at radius 3 is 2.19 bits per heavy atom. The summed E-state index contributed by atoms with van der Waals surface area (Å²) >= 11 is 0. The monoisotopic (exact) mass is 376 g/mol. The van der Waals surface area contributed by atoms with Crippen LogP contribution in [0.25, 0.3) is 0 Å². The molecule has 0 amide bonds. The van der Waals surface area contributed by atoms with E-state index in [1.165, 1.54) is 17.7 Å². The number of hydrogen-bond acceptors (Lipinski definition) is 5. The number of sulfone groups is 1. The summed E-state index contributed by atoms with van der Waals surface area (Å²) in [5.74, 6) is 0.177. The molecule has 1 unspecified atom stereocenters. The number of aryl methyl sites for hydroxylation is 1. The van der Waals surface area contributed by atoms with Crippen molar-refractivity contribution in [1.29, 1.82) is 0 Å². The van der Waals surface area contributed by atoms with E-state index in [9.17, 15) is 18.5 Å². The molecule has 0 bridgehead atoms. The first-order valence-corrected chi connectivity index (χ1v) is 10.4. The Hall–Kier alpha value is -2.41. The average molecular weight is 376 g/mol. The number of hydrogen-bond donors (Lipinski definition) is 1. The highest BCUT2D eigenvalue weighted by atomic mass is 32.2. The van der Waals surface area contributed by atoms with Crippen LogP contribution in [0.5, 0.6) is 0 Å². The van der Waals surface area contributed by atoms with Crippen LogP contribution in [0, 0.1) is 16.0 Å². The molecule has 140 valence electrons. The number of nitro groups is 1. The molecule has 1 atom stereocenters. The van der Waals surface area contributed by atoms with Crippen LogP contribution in [0.3, 0.4) is 0 Å². The molecule has 0 saturated carbocycles. The topological polar surface area (TPSA) is 89.3 Å². The minimum Gasteiger partial charge on any atom is -0.372 e. The van der Waals surface area contributed by atoms with E-state index in [1.54, 1.807) is 0 Å². The summed E-state index contributed by atoms with van der Waals surface area (Å²) in [6.45, 7) is 6.14.